The van der Waals surface area contributed by atoms with E-state index in [1.165, 1.54) is 7.11 Å². The highest BCUT2D eigenvalue weighted by atomic mass is 19.1. The van der Waals surface area contributed by atoms with E-state index in [1.54, 1.807) is 11.9 Å². The van der Waals surface area contributed by atoms with Gasteiger partial charge in [-0.1, -0.05) is 0 Å². The highest BCUT2D eigenvalue weighted by Crippen LogP contribution is 2.27. The maximum Gasteiger partial charge on any atom is 0.167 e. The zero-order valence-electron chi connectivity index (χ0n) is 11.3. The van der Waals surface area contributed by atoms with Gasteiger partial charge in [0.15, 0.2) is 11.6 Å². The Balaban J connectivity index is 2.86. The largest absolute Gasteiger partial charge is 0.494 e. The maximum absolute atomic E-state index is 13.8. The van der Waals surface area contributed by atoms with Crippen molar-refractivity contribution in [1.29, 1.82) is 0 Å². The summed E-state index contributed by atoms with van der Waals surface area (Å²) in [5.74, 6) is -1.18. The molecule has 0 atom stereocenters. The van der Waals surface area contributed by atoms with Crippen LogP contribution in [0.4, 0.5) is 14.5 Å². The summed E-state index contributed by atoms with van der Waals surface area (Å²) >= 11 is 0. The lowest BCUT2D eigenvalue weighted by Gasteiger charge is -2.25. The van der Waals surface area contributed by atoms with Crippen LogP contribution in [-0.2, 0) is 0 Å². The van der Waals surface area contributed by atoms with Gasteiger partial charge in [-0.2, -0.15) is 0 Å². The quantitative estimate of drug-likeness (QED) is 0.882. The van der Waals surface area contributed by atoms with Gasteiger partial charge < -0.3 is 15.4 Å². The predicted octanol–water partition coefficient (Wildman–Crippen LogP) is 2.54. The van der Waals surface area contributed by atoms with Gasteiger partial charge in [0.1, 0.15) is 5.82 Å². The van der Waals surface area contributed by atoms with Gasteiger partial charge >= 0.3 is 0 Å². The molecule has 0 saturated carbocycles. The van der Waals surface area contributed by atoms with Crippen molar-refractivity contribution in [1.82, 2.24) is 0 Å². The second-order valence-electron chi connectivity index (χ2n) is 5.10. The van der Waals surface area contributed by atoms with Crippen molar-refractivity contribution < 1.29 is 13.5 Å². The van der Waals surface area contributed by atoms with Crippen molar-refractivity contribution in [2.75, 3.05) is 25.6 Å². The lowest BCUT2D eigenvalue weighted by molar-refractivity contribution is 0.382. The number of hydrogen-bond acceptors (Lipinski definition) is 3. The number of benzene rings is 1. The molecule has 5 heteroatoms. The Bertz CT molecular complexity index is 416. The molecule has 1 aromatic rings. The summed E-state index contributed by atoms with van der Waals surface area (Å²) in [6.07, 6.45) is 0.677. The van der Waals surface area contributed by atoms with Crippen LogP contribution in [0.25, 0.3) is 0 Å². The van der Waals surface area contributed by atoms with Gasteiger partial charge in [-0.3, -0.25) is 0 Å². The first-order valence-corrected chi connectivity index (χ1v) is 5.77. The Hall–Kier alpha value is -1.36. The lowest BCUT2D eigenvalue weighted by Crippen LogP contribution is -2.36. The molecular weight excluding hydrogens is 238 g/mol. The molecule has 0 aliphatic carbocycles. The van der Waals surface area contributed by atoms with Crippen molar-refractivity contribution in [2.24, 2.45) is 5.73 Å². The summed E-state index contributed by atoms with van der Waals surface area (Å²) in [5.41, 5.74) is 5.73. The molecule has 1 aromatic carbocycles. The molecule has 0 radical (unpaired) electrons. The first kappa shape index (κ1) is 14.7. The summed E-state index contributed by atoms with van der Waals surface area (Å²) in [7, 11) is 3.01. The lowest BCUT2D eigenvalue weighted by atomic mass is 10.0. The summed E-state index contributed by atoms with van der Waals surface area (Å²) < 4.78 is 32.0. The number of methoxy groups -OCH3 is 1. The molecule has 1 rings (SSSR count). The molecule has 0 fully saturated rings. The van der Waals surface area contributed by atoms with E-state index >= 15 is 0 Å². The third kappa shape index (κ3) is 3.84. The number of nitrogens with zero attached hydrogens (tertiary/aromatic N) is 1. The smallest absolute Gasteiger partial charge is 0.167 e. The van der Waals surface area contributed by atoms with E-state index in [2.05, 4.69) is 0 Å². The van der Waals surface area contributed by atoms with Crippen LogP contribution in [0.2, 0.25) is 0 Å². The highest BCUT2D eigenvalue weighted by Gasteiger charge is 2.16. The van der Waals surface area contributed by atoms with Gasteiger partial charge in [-0.25, -0.2) is 8.78 Å². The van der Waals surface area contributed by atoms with Crippen LogP contribution >= 0.6 is 0 Å². The van der Waals surface area contributed by atoms with Gasteiger partial charge in [0.05, 0.1) is 12.8 Å². The van der Waals surface area contributed by atoms with Crippen LogP contribution in [0.1, 0.15) is 20.3 Å². The Morgan fingerprint density at radius 3 is 2.39 bits per heavy atom. The molecule has 0 bridgehead atoms. The van der Waals surface area contributed by atoms with Gasteiger partial charge in [-0.05, 0) is 20.3 Å². The zero-order valence-corrected chi connectivity index (χ0v) is 11.3. The van der Waals surface area contributed by atoms with E-state index < -0.39 is 11.6 Å². The van der Waals surface area contributed by atoms with E-state index in [4.69, 9.17) is 10.5 Å². The van der Waals surface area contributed by atoms with Crippen LogP contribution in [-0.4, -0.2) is 26.2 Å². The fraction of sp³-hybridized carbons (Fsp3) is 0.538. The maximum atomic E-state index is 13.8. The average molecular weight is 258 g/mol. The third-order valence-corrected chi connectivity index (χ3v) is 2.72. The van der Waals surface area contributed by atoms with E-state index in [1.807, 2.05) is 13.8 Å². The third-order valence-electron chi connectivity index (χ3n) is 2.72. The molecule has 18 heavy (non-hydrogen) atoms. The number of anilines is 1. The van der Waals surface area contributed by atoms with Gasteiger partial charge in [-0.15, -0.1) is 0 Å². The molecule has 0 heterocycles. The molecule has 3 nitrogen and oxygen atoms in total. The standard InChI is InChI=1S/C13H20F2N2O/c1-13(2,16)5-6-17(3)11-7-10(15)12(18-4)8-9(11)14/h7-8H,5-6,16H2,1-4H3. The minimum absolute atomic E-state index is 0.0937. The molecule has 2 N–H and O–H groups in total. The minimum Gasteiger partial charge on any atom is -0.494 e. The van der Waals surface area contributed by atoms with Gasteiger partial charge in [0.2, 0.25) is 0 Å². The predicted molar refractivity (Wildman–Crippen MR) is 69.1 cm³/mol. The topological polar surface area (TPSA) is 38.5 Å². The Morgan fingerprint density at radius 1 is 1.28 bits per heavy atom. The number of ether oxygens (including phenoxy) is 1. The molecule has 0 saturated heterocycles. The molecule has 0 aromatic heterocycles. The summed E-state index contributed by atoms with van der Waals surface area (Å²) in [6, 6.07) is 2.19. The summed E-state index contributed by atoms with van der Waals surface area (Å²) in [6.45, 7) is 4.34. The number of nitrogens with two attached hydrogens (primary N) is 1. The fourth-order valence-electron chi connectivity index (χ4n) is 1.54. The summed E-state index contributed by atoms with van der Waals surface area (Å²) in [4.78, 5) is 1.65. The van der Waals surface area contributed by atoms with Crippen LogP contribution < -0.4 is 15.4 Å². The minimum atomic E-state index is -0.576. The molecule has 0 unspecified atom stereocenters. The zero-order chi connectivity index (χ0) is 13.9. The molecule has 0 aliphatic rings. The second-order valence-corrected chi connectivity index (χ2v) is 5.10. The normalized spacial score (nSPS) is 11.5. The van der Waals surface area contributed by atoms with Gasteiger partial charge in [0.25, 0.3) is 0 Å². The van der Waals surface area contributed by atoms with Crippen molar-refractivity contribution in [2.45, 2.75) is 25.8 Å². The van der Waals surface area contributed by atoms with Crippen molar-refractivity contribution in [3.63, 3.8) is 0 Å². The molecule has 0 amide bonds. The van der Waals surface area contributed by atoms with Crippen LogP contribution in [0.3, 0.4) is 0 Å². The first-order valence-electron chi connectivity index (χ1n) is 5.77. The first-order chi connectivity index (χ1) is 8.24. The number of rotatable bonds is 5. The molecule has 102 valence electrons. The highest BCUT2D eigenvalue weighted by molar-refractivity contribution is 5.50. The van der Waals surface area contributed by atoms with Crippen molar-refractivity contribution in [3.05, 3.63) is 23.8 Å². The monoisotopic (exact) mass is 258 g/mol. The summed E-state index contributed by atoms with van der Waals surface area (Å²) in [5, 5.41) is 0. The van der Waals surface area contributed by atoms with Gasteiger partial charge in [0, 0.05) is 31.3 Å². The van der Waals surface area contributed by atoms with E-state index in [9.17, 15) is 8.78 Å². The number of hydrogen-bond donors (Lipinski definition) is 1. The van der Waals surface area contributed by atoms with E-state index in [0.29, 0.717) is 13.0 Å². The van der Waals surface area contributed by atoms with Crippen molar-refractivity contribution in [3.8, 4) is 5.75 Å². The number of halogens is 2. The second kappa shape index (κ2) is 5.52. The van der Waals surface area contributed by atoms with Crippen LogP contribution in [0, 0.1) is 11.6 Å². The SMILES string of the molecule is COc1cc(F)c(N(C)CCC(C)(C)N)cc1F. The Labute approximate surface area is 107 Å². The fourth-order valence-corrected chi connectivity index (χ4v) is 1.54. The van der Waals surface area contributed by atoms with Crippen LogP contribution in [0.5, 0.6) is 5.75 Å². The van der Waals surface area contributed by atoms with Crippen molar-refractivity contribution >= 4 is 5.69 Å². The Morgan fingerprint density at radius 2 is 1.89 bits per heavy atom. The van der Waals surface area contributed by atoms with Crippen LogP contribution in [0.15, 0.2) is 12.1 Å². The molecular formula is C13H20F2N2O. The Kier molecular flexibility index (Phi) is 4.51. The molecule has 0 spiro atoms. The van der Waals surface area contributed by atoms with E-state index in [-0.39, 0.29) is 17.0 Å². The molecule has 0 aliphatic heterocycles. The van der Waals surface area contributed by atoms with E-state index in [0.717, 1.165) is 12.1 Å². The average Bonchev–Trinajstić information content (AvgIpc) is 2.27.